The molecule has 0 bridgehead atoms. The van der Waals surface area contributed by atoms with Crippen LogP contribution in [-0.4, -0.2) is 157 Å². The summed E-state index contributed by atoms with van der Waals surface area (Å²) in [6.45, 7) is 17.0. The first-order valence-corrected chi connectivity index (χ1v) is 34.5. The fourth-order valence-electron chi connectivity index (χ4n) is 10.1. The summed E-state index contributed by atoms with van der Waals surface area (Å²) in [5, 5.41) is 19.7. The smallest absolute Gasteiger partial charge is 0.397 e. The number of aliphatic hydroxyl groups excluding tert-OH is 1. The molecule has 19 nitrogen and oxygen atoms in total. The minimum atomic E-state index is -4.77. The normalized spacial score (nSPS) is 19.4. The number of hydrogen-bond acceptors (Lipinski definition) is 18. The summed E-state index contributed by atoms with van der Waals surface area (Å²) < 4.78 is 156. The lowest BCUT2D eigenvalue weighted by Crippen LogP contribution is -2.38. The number of methoxy groups -OCH3 is 4. The largest absolute Gasteiger partial charge is 0.497 e. The second kappa shape index (κ2) is 36.9. The molecule has 0 saturated carbocycles. The molecule has 0 spiro atoms. The van der Waals surface area contributed by atoms with Crippen LogP contribution in [0.15, 0.2) is 121 Å². The van der Waals surface area contributed by atoms with Crippen LogP contribution >= 0.6 is 0 Å². The van der Waals surface area contributed by atoms with Gasteiger partial charge in [0.1, 0.15) is 58.5 Å². The highest BCUT2D eigenvalue weighted by Gasteiger charge is 2.49. The van der Waals surface area contributed by atoms with Crippen molar-refractivity contribution in [1.82, 2.24) is 0 Å². The van der Waals surface area contributed by atoms with E-state index in [1.807, 2.05) is 0 Å². The van der Waals surface area contributed by atoms with Gasteiger partial charge in [0, 0.05) is 34.4 Å². The number of ether oxygens (including phenoxy) is 13. The Morgan fingerprint density at radius 1 is 0.588 bits per heavy atom. The molecular formula is C71H92F6O19Si. The van der Waals surface area contributed by atoms with Crippen molar-refractivity contribution in [1.29, 1.82) is 0 Å². The second-order valence-corrected chi connectivity index (χ2v) is 30.6. The first-order valence-electron chi connectivity index (χ1n) is 30.8. The molecule has 2 saturated heterocycles. The van der Waals surface area contributed by atoms with Gasteiger partial charge in [-0.2, -0.15) is 26.3 Å². The van der Waals surface area contributed by atoms with Crippen LogP contribution in [0.1, 0.15) is 121 Å². The van der Waals surface area contributed by atoms with Gasteiger partial charge in [0.05, 0.1) is 62.1 Å². The van der Waals surface area contributed by atoms with Gasteiger partial charge in [0.25, 0.3) is 0 Å². The van der Waals surface area contributed by atoms with E-state index in [-0.39, 0.29) is 79.8 Å². The highest BCUT2D eigenvalue weighted by molar-refractivity contribution is 6.76. The molecule has 536 valence electrons. The summed E-state index contributed by atoms with van der Waals surface area (Å²) in [4.78, 5) is 51.8. The Balaban J connectivity index is 0.000000411. The minimum absolute atomic E-state index is 0. The average Bonchev–Trinajstić information content (AvgIpc) is 1.79. The number of esters is 3. The van der Waals surface area contributed by atoms with E-state index < -0.39 is 116 Å². The lowest BCUT2D eigenvalue weighted by molar-refractivity contribution is -0.182. The number of rotatable bonds is 31. The SMILES string of the molecule is C.COCOc1cc(OC)cc(/C=C/CC2OC(C)(C)OC2C(/C=C\C(C(C)C)C(F)(F)F)OC(=O)c2ccccc2)c1C(=O)OCC[Si](C)(C)C.COCOc1cc(OC)cc(/C=C/CC2OC(C)(C)OC2C(/C=C\C(C(C)O)C(F)(F)F)OC(=O)c2ccccc2)c1C(=O)O. The van der Waals surface area contributed by atoms with Crippen LogP contribution in [-0.2, 0) is 42.6 Å². The average molecular weight is 1390 g/mol. The molecule has 9 unspecified atom stereocenters. The van der Waals surface area contributed by atoms with Crippen molar-refractivity contribution in [2.24, 2.45) is 17.8 Å². The third kappa shape index (κ3) is 25.4. The Morgan fingerprint density at radius 3 is 1.35 bits per heavy atom. The predicted octanol–water partition coefficient (Wildman–Crippen LogP) is 15.0. The van der Waals surface area contributed by atoms with E-state index in [2.05, 4.69) is 19.6 Å². The topological polar surface area (TPSA) is 229 Å². The summed E-state index contributed by atoms with van der Waals surface area (Å²) in [5.74, 6) is -9.57. The molecule has 0 radical (unpaired) electrons. The van der Waals surface area contributed by atoms with E-state index in [9.17, 15) is 55.7 Å². The lowest BCUT2D eigenvalue weighted by Gasteiger charge is -2.26. The third-order valence-electron chi connectivity index (χ3n) is 14.8. The molecule has 0 amide bonds. The molecule has 4 aromatic rings. The molecule has 2 N–H and O–H groups in total. The molecule has 2 aliphatic heterocycles. The van der Waals surface area contributed by atoms with Crippen LogP contribution in [0.2, 0.25) is 25.7 Å². The van der Waals surface area contributed by atoms with Gasteiger partial charge < -0.3 is 71.8 Å². The Morgan fingerprint density at radius 2 is 0.990 bits per heavy atom. The van der Waals surface area contributed by atoms with Crippen LogP contribution in [0.4, 0.5) is 26.3 Å². The number of alkyl halides is 6. The van der Waals surface area contributed by atoms with Crippen LogP contribution in [0.25, 0.3) is 12.2 Å². The molecule has 4 aromatic carbocycles. The maximum atomic E-state index is 13.9. The fourth-order valence-corrected chi connectivity index (χ4v) is 10.9. The van der Waals surface area contributed by atoms with Crippen LogP contribution in [0.5, 0.6) is 23.0 Å². The van der Waals surface area contributed by atoms with Gasteiger partial charge >= 0.3 is 36.2 Å². The van der Waals surface area contributed by atoms with Crippen LogP contribution in [0.3, 0.4) is 0 Å². The van der Waals surface area contributed by atoms with Gasteiger partial charge in [-0.25, -0.2) is 19.2 Å². The Kier molecular flexibility index (Phi) is 31.1. The summed E-state index contributed by atoms with van der Waals surface area (Å²) >= 11 is 0. The van der Waals surface area contributed by atoms with E-state index in [0.29, 0.717) is 17.1 Å². The Labute approximate surface area is 564 Å². The number of aliphatic hydroxyl groups is 1. The summed E-state index contributed by atoms with van der Waals surface area (Å²) in [6.07, 6.45) is -6.51. The number of aromatic carboxylic acids is 1. The molecular weight excluding hydrogens is 1300 g/mol. The van der Waals surface area contributed by atoms with Crippen molar-refractivity contribution in [3.05, 3.63) is 155 Å². The maximum Gasteiger partial charge on any atom is 0.397 e. The molecule has 97 heavy (non-hydrogen) atoms. The second-order valence-electron chi connectivity index (χ2n) is 24.9. The van der Waals surface area contributed by atoms with Gasteiger partial charge in [-0.1, -0.05) is 114 Å². The Hall–Kier alpha value is -7.56. The molecule has 2 heterocycles. The van der Waals surface area contributed by atoms with Crippen molar-refractivity contribution in [2.45, 2.75) is 161 Å². The van der Waals surface area contributed by atoms with Crippen molar-refractivity contribution in [3.63, 3.8) is 0 Å². The van der Waals surface area contributed by atoms with E-state index in [0.717, 1.165) is 31.2 Å². The summed E-state index contributed by atoms with van der Waals surface area (Å²) in [6, 6.07) is 23.0. The van der Waals surface area contributed by atoms with Crippen LogP contribution in [0, 0.1) is 17.8 Å². The zero-order valence-corrected chi connectivity index (χ0v) is 57.3. The monoisotopic (exact) mass is 1390 g/mol. The zero-order valence-electron chi connectivity index (χ0n) is 56.3. The molecule has 2 fully saturated rings. The molecule has 0 aliphatic carbocycles. The summed E-state index contributed by atoms with van der Waals surface area (Å²) in [7, 11) is 4.25. The number of carboxylic acids is 1. The zero-order chi connectivity index (χ0) is 71.3. The quantitative estimate of drug-likeness (QED) is 0.0119. The molecule has 0 aromatic heterocycles. The van der Waals surface area contributed by atoms with E-state index in [4.69, 9.17) is 61.6 Å². The fraction of sp³-hybridized carbons (Fsp3) is 0.493. The molecule has 26 heteroatoms. The first-order chi connectivity index (χ1) is 45.0. The lowest BCUT2D eigenvalue weighted by atomic mass is 9.93. The van der Waals surface area contributed by atoms with Crippen molar-refractivity contribution in [2.75, 3.05) is 48.6 Å². The number of carboxylic acid groups (broad SMARTS) is 1. The van der Waals surface area contributed by atoms with Gasteiger partial charge in [0.15, 0.2) is 25.2 Å². The third-order valence-corrected chi connectivity index (χ3v) is 16.5. The molecule has 2 aliphatic rings. The minimum Gasteiger partial charge on any atom is -0.497 e. The standard InChI is InChI=1S/C38H51F3O9Si.C32H37F3O10.CH4/c1-25(2)29(38(39,40)41)18-19-30(48-35(42)26-14-11-10-12-15-26)34-31(49-37(3,4)50-34)17-13-16-27-22-28(45-6)23-32(47-24-44-5)33(27)36(43)46-20-21-51(7,8)9;1-19(36)23(32(33,34)35)14-15-24(43-30(39)20-10-7-6-8-11-20)28-25(44-31(2,3)45-28)13-9-12-21-16-22(41-5)17-26(42-18-40-4)27(21)29(37)38;/h10-16,18-19,22-23,25,29-31,34H,17,20-21,24H2,1-9H3;6-12,14-17,19,23-25,28,36H,13,18H2,1-5H3,(H,37,38);1H4/b16-13+,19-18-;12-9+,15-14-;. The number of carbonyl (C=O) groups excluding carboxylic acids is 3. The van der Waals surface area contributed by atoms with Crippen molar-refractivity contribution >= 4 is 44.1 Å². The summed E-state index contributed by atoms with van der Waals surface area (Å²) in [5.41, 5.74) is 1.09. The van der Waals surface area contributed by atoms with E-state index >= 15 is 0 Å². The van der Waals surface area contributed by atoms with Gasteiger partial charge in [0.2, 0.25) is 0 Å². The van der Waals surface area contributed by atoms with E-state index in [1.54, 1.807) is 107 Å². The molecule has 6 rings (SSSR count). The highest BCUT2D eigenvalue weighted by Crippen LogP contribution is 2.40. The van der Waals surface area contributed by atoms with Gasteiger partial charge in [-0.05, 0) is 119 Å². The first kappa shape index (κ1) is 81.9. The number of allylic oxidation sites excluding steroid dienone is 1. The van der Waals surface area contributed by atoms with Gasteiger partial charge in [-0.15, -0.1) is 0 Å². The van der Waals surface area contributed by atoms with E-state index in [1.165, 1.54) is 78.7 Å². The number of halogens is 6. The number of hydrogen-bond donors (Lipinski definition) is 2. The maximum absolute atomic E-state index is 13.9. The van der Waals surface area contributed by atoms with Crippen LogP contribution < -0.4 is 18.9 Å². The molecule has 9 atom stereocenters. The number of benzene rings is 4. The van der Waals surface area contributed by atoms with Crippen molar-refractivity contribution < 1.29 is 117 Å². The van der Waals surface area contributed by atoms with Gasteiger partial charge in [-0.3, -0.25) is 0 Å². The highest BCUT2D eigenvalue weighted by atomic mass is 28.3. The van der Waals surface area contributed by atoms with Crippen molar-refractivity contribution in [3.8, 4) is 23.0 Å². The predicted molar refractivity (Wildman–Crippen MR) is 353 cm³/mol. The Bertz CT molecular complexity index is 3290. The number of carbonyl (C=O) groups is 4.